The summed E-state index contributed by atoms with van der Waals surface area (Å²) in [5.74, 6) is 0. The Morgan fingerprint density at radius 3 is 2.54 bits per heavy atom. The van der Waals surface area contributed by atoms with E-state index < -0.39 is 0 Å². The summed E-state index contributed by atoms with van der Waals surface area (Å²) < 4.78 is 7.99. The summed E-state index contributed by atoms with van der Waals surface area (Å²) in [5, 5.41) is 2.05. The molecule has 0 N–H and O–H groups in total. The normalized spacial score (nSPS) is 12.3. The van der Waals surface area contributed by atoms with Crippen molar-refractivity contribution < 1.29 is 4.74 Å². The number of imidazole rings is 1. The van der Waals surface area contributed by atoms with Crippen LogP contribution >= 0.6 is 46.6 Å². The minimum atomic E-state index is 0.230. The zero-order valence-corrected chi connectivity index (χ0v) is 16.9. The van der Waals surface area contributed by atoms with Crippen LogP contribution in [-0.2, 0) is 17.9 Å². The number of rotatable bonds is 8. The van der Waals surface area contributed by atoms with E-state index >= 15 is 0 Å². The van der Waals surface area contributed by atoms with Crippen LogP contribution in [0.2, 0.25) is 15.1 Å². The Balaban J connectivity index is 1.60. The van der Waals surface area contributed by atoms with Gasteiger partial charge in [-0.1, -0.05) is 40.9 Å². The predicted molar refractivity (Wildman–Crippen MR) is 109 cm³/mol. The van der Waals surface area contributed by atoms with Gasteiger partial charge in [-0.15, -0.1) is 11.8 Å². The first-order valence-electron chi connectivity index (χ1n) is 8.00. The Morgan fingerprint density at radius 1 is 1.04 bits per heavy atom. The lowest BCUT2D eigenvalue weighted by Gasteiger charge is -2.18. The molecule has 0 radical (unpaired) electrons. The molecule has 1 unspecified atom stereocenters. The van der Waals surface area contributed by atoms with Gasteiger partial charge in [0.2, 0.25) is 0 Å². The van der Waals surface area contributed by atoms with Gasteiger partial charge in [-0.3, -0.25) is 0 Å². The highest BCUT2D eigenvalue weighted by Crippen LogP contribution is 2.27. The van der Waals surface area contributed by atoms with Crippen LogP contribution < -0.4 is 0 Å². The van der Waals surface area contributed by atoms with Crippen molar-refractivity contribution in [2.24, 2.45) is 0 Å². The molecular weight excluding hydrogens is 411 g/mol. The minimum Gasteiger partial charge on any atom is -0.376 e. The standard InChI is InChI=1S/C19H17Cl3N2OS/c20-15-2-4-16(5-3-15)26-17(10-24-8-7-23-13-24)12-25-11-14-1-6-18(21)19(22)9-14/h1-9,13,17H,10-12H2. The molecule has 0 bridgehead atoms. The molecule has 0 spiro atoms. The maximum absolute atomic E-state index is 6.06. The highest BCUT2D eigenvalue weighted by Gasteiger charge is 2.13. The van der Waals surface area contributed by atoms with Gasteiger partial charge in [0.25, 0.3) is 0 Å². The van der Waals surface area contributed by atoms with Crippen molar-refractivity contribution >= 4 is 46.6 Å². The Kier molecular flexibility index (Phi) is 7.29. The van der Waals surface area contributed by atoms with Crippen LogP contribution in [0.3, 0.4) is 0 Å². The van der Waals surface area contributed by atoms with E-state index in [0.717, 1.165) is 22.0 Å². The van der Waals surface area contributed by atoms with E-state index in [0.29, 0.717) is 23.3 Å². The second-order valence-corrected chi connectivity index (χ2v) is 8.34. The topological polar surface area (TPSA) is 27.1 Å². The molecule has 2 aromatic carbocycles. The van der Waals surface area contributed by atoms with Gasteiger partial charge in [-0.25, -0.2) is 4.98 Å². The lowest BCUT2D eigenvalue weighted by atomic mass is 10.2. The first-order valence-corrected chi connectivity index (χ1v) is 10.0. The highest BCUT2D eigenvalue weighted by molar-refractivity contribution is 8.00. The van der Waals surface area contributed by atoms with E-state index in [9.17, 15) is 0 Å². The number of aromatic nitrogens is 2. The fourth-order valence-electron chi connectivity index (χ4n) is 2.40. The Hall–Kier alpha value is -1.17. The summed E-state index contributed by atoms with van der Waals surface area (Å²) in [6.45, 7) is 1.87. The van der Waals surface area contributed by atoms with Gasteiger partial charge < -0.3 is 9.30 Å². The van der Waals surface area contributed by atoms with Crippen LogP contribution in [0.15, 0.2) is 66.1 Å². The van der Waals surface area contributed by atoms with Crippen LogP contribution in [0.1, 0.15) is 5.56 Å². The van der Waals surface area contributed by atoms with Crippen molar-refractivity contribution in [1.29, 1.82) is 0 Å². The molecule has 136 valence electrons. The monoisotopic (exact) mass is 426 g/mol. The molecule has 0 saturated carbocycles. The molecule has 26 heavy (non-hydrogen) atoms. The van der Waals surface area contributed by atoms with Crippen molar-refractivity contribution in [2.75, 3.05) is 6.61 Å². The number of ether oxygens (including phenoxy) is 1. The molecule has 3 nitrogen and oxygen atoms in total. The molecule has 3 rings (SSSR count). The zero-order valence-electron chi connectivity index (χ0n) is 13.8. The van der Waals surface area contributed by atoms with Gasteiger partial charge in [-0.05, 0) is 42.0 Å². The maximum atomic E-state index is 6.06. The Morgan fingerprint density at radius 2 is 1.85 bits per heavy atom. The number of benzene rings is 2. The third-order valence-corrected chi connectivity index (χ3v) is 5.80. The largest absolute Gasteiger partial charge is 0.376 e. The first-order chi connectivity index (χ1) is 12.6. The molecule has 0 aliphatic rings. The SMILES string of the molecule is Clc1ccc(SC(COCc2ccc(Cl)c(Cl)c2)Cn2ccnc2)cc1. The molecule has 0 aliphatic carbocycles. The summed E-state index contributed by atoms with van der Waals surface area (Å²) in [6, 6.07) is 13.4. The number of halogens is 3. The van der Waals surface area contributed by atoms with Gasteiger partial charge in [0, 0.05) is 28.9 Å². The second kappa shape index (κ2) is 9.67. The summed E-state index contributed by atoms with van der Waals surface area (Å²) in [6.07, 6.45) is 5.55. The summed E-state index contributed by atoms with van der Waals surface area (Å²) in [4.78, 5) is 5.26. The third-order valence-electron chi connectivity index (χ3n) is 3.65. The van der Waals surface area contributed by atoms with Crippen molar-refractivity contribution in [3.63, 3.8) is 0 Å². The van der Waals surface area contributed by atoms with Crippen molar-refractivity contribution in [2.45, 2.75) is 23.3 Å². The molecule has 0 fully saturated rings. The number of hydrogen-bond donors (Lipinski definition) is 0. The van der Waals surface area contributed by atoms with Crippen LogP contribution in [0.4, 0.5) is 0 Å². The fourth-order valence-corrected chi connectivity index (χ4v) is 3.93. The average molecular weight is 428 g/mol. The molecule has 1 heterocycles. The van der Waals surface area contributed by atoms with Crippen molar-refractivity contribution in [1.82, 2.24) is 9.55 Å². The maximum Gasteiger partial charge on any atom is 0.0946 e. The fraction of sp³-hybridized carbons (Fsp3) is 0.211. The van der Waals surface area contributed by atoms with Crippen molar-refractivity contribution in [3.8, 4) is 0 Å². The summed E-state index contributed by atoms with van der Waals surface area (Å²) in [7, 11) is 0. The summed E-state index contributed by atoms with van der Waals surface area (Å²) >= 11 is 19.7. The van der Waals surface area contributed by atoms with E-state index in [1.165, 1.54) is 0 Å². The molecule has 1 atom stereocenters. The van der Waals surface area contributed by atoms with Gasteiger partial charge in [0.15, 0.2) is 0 Å². The van der Waals surface area contributed by atoms with Crippen LogP contribution in [0.5, 0.6) is 0 Å². The molecule has 3 aromatic rings. The van der Waals surface area contributed by atoms with Gasteiger partial charge in [-0.2, -0.15) is 0 Å². The van der Waals surface area contributed by atoms with E-state index in [1.54, 1.807) is 24.0 Å². The lowest BCUT2D eigenvalue weighted by Crippen LogP contribution is -2.18. The van der Waals surface area contributed by atoms with E-state index in [4.69, 9.17) is 39.5 Å². The number of thioether (sulfide) groups is 1. The molecule has 7 heteroatoms. The van der Waals surface area contributed by atoms with Crippen LogP contribution in [-0.4, -0.2) is 21.4 Å². The third kappa shape index (κ3) is 5.93. The molecule has 0 aliphatic heterocycles. The van der Waals surface area contributed by atoms with Crippen molar-refractivity contribution in [3.05, 3.63) is 81.8 Å². The minimum absolute atomic E-state index is 0.230. The van der Waals surface area contributed by atoms with E-state index in [-0.39, 0.29) is 5.25 Å². The zero-order chi connectivity index (χ0) is 18.4. The number of hydrogen-bond acceptors (Lipinski definition) is 3. The predicted octanol–water partition coefficient (Wildman–Crippen LogP) is 6.22. The van der Waals surface area contributed by atoms with Crippen LogP contribution in [0, 0.1) is 0 Å². The molecule has 1 aromatic heterocycles. The molecule has 0 saturated heterocycles. The number of nitrogens with zero attached hydrogens (tertiary/aromatic N) is 2. The first kappa shape index (κ1) is 19.6. The van der Waals surface area contributed by atoms with E-state index in [2.05, 4.69) is 9.55 Å². The summed E-state index contributed by atoms with van der Waals surface area (Å²) in [5.41, 5.74) is 0.997. The Bertz CT molecular complexity index is 825. The molecule has 0 amide bonds. The Labute approximate surface area is 172 Å². The second-order valence-electron chi connectivity index (χ2n) is 5.72. The lowest BCUT2D eigenvalue weighted by molar-refractivity contribution is 0.119. The smallest absolute Gasteiger partial charge is 0.0946 e. The highest BCUT2D eigenvalue weighted by atomic mass is 35.5. The van der Waals surface area contributed by atoms with Gasteiger partial charge >= 0.3 is 0 Å². The quantitative estimate of drug-likeness (QED) is 0.399. The van der Waals surface area contributed by atoms with Gasteiger partial charge in [0.1, 0.15) is 0 Å². The average Bonchev–Trinajstić information content (AvgIpc) is 3.13. The van der Waals surface area contributed by atoms with Gasteiger partial charge in [0.05, 0.1) is 34.8 Å². The van der Waals surface area contributed by atoms with Crippen LogP contribution in [0.25, 0.3) is 0 Å². The van der Waals surface area contributed by atoms with E-state index in [1.807, 2.05) is 48.9 Å². The molecular formula is C19H17Cl3N2OS.